The van der Waals surface area contributed by atoms with Crippen LogP contribution in [0.5, 0.6) is 0 Å². The van der Waals surface area contributed by atoms with E-state index in [0.29, 0.717) is 18.3 Å². The Morgan fingerprint density at radius 3 is 2.45 bits per heavy atom. The van der Waals surface area contributed by atoms with Gasteiger partial charge in [-0.3, -0.25) is 0 Å². The molecule has 0 amide bonds. The average molecular weight is 291 g/mol. The Labute approximate surface area is 116 Å². The molecular formula is C13H20F3N3O. The van der Waals surface area contributed by atoms with Gasteiger partial charge >= 0.3 is 6.18 Å². The summed E-state index contributed by atoms with van der Waals surface area (Å²) in [6, 6.07) is 0. The molecule has 0 unspecified atom stereocenters. The lowest BCUT2D eigenvalue weighted by molar-refractivity contribution is -0.173. The Morgan fingerprint density at radius 1 is 1.25 bits per heavy atom. The van der Waals surface area contributed by atoms with Crippen LogP contribution in [0.15, 0.2) is 12.4 Å². The van der Waals surface area contributed by atoms with Gasteiger partial charge in [0.05, 0.1) is 6.61 Å². The zero-order chi connectivity index (χ0) is 15.0. The molecule has 114 valence electrons. The molecule has 0 bridgehead atoms. The van der Waals surface area contributed by atoms with E-state index in [2.05, 4.69) is 33.9 Å². The molecule has 4 nitrogen and oxygen atoms in total. The third-order valence-corrected chi connectivity index (χ3v) is 2.38. The highest BCUT2D eigenvalue weighted by Gasteiger charge is 2.27. The quantitative estimate of drug-likeness (QED) is 0.747. The Bertz CT molecular complexity index is 379. The lowest BCUT2D eigenvalue weighted by Gasteiger charge is -2.08. The second-order valence-electron chi connectivity index (χ2n) is 4.95. The van der Waals surface area contributed by atoms with Gasteiger partial charge in [0, 0.05) is 30.9 Å². The van der Waals surface area contributed by atoms with E-state index in [9.17, 15) is 13.2 Å². The predicted molar refractivity (Wildman–Crippen MR) is 69.2 cm³/mol. The molecule has 0 spiro atoms. The smallest absolute Gasteiger partial charge is 0.372 e. The van der Waals surface area contributed by atoms with E-state index >= 15 is 0 Å². The normalized spacial score (nSPS) is 12.1. The Hall–Kier alpha value is -1.21. The molecule has 0 aliphatic rings. The standard InChI is InChI=1S/C13H20F3N3O/c1-10(2)5-17-6-11-7-18-12(19-8-11)3-4-20-9-13(14,15)16/h7-8,10,17H,3-6,9H2,1-2H3. The molecule has 20 heavy (non-hydrogen) atoms. The molecule has 0 saturated carbocycles. The van der Waals surface area contributed by atoms with Crippen LogP contribution in [0.3, 0.4) is 0 Å². The van der Waals surface area contributed by atoms with Crippen molar-refractivity contribution >= 4 is 0 Å². The first-order valence-electron chi connectivity index (χ1n) is 6.52. The van der Waals surface area contributed by atoms with Gasteiger partial charge < -0.3 is 10.1 Å². The molecule has 1 aromatic heterocycles. The minimum Gasteiger partial charge on any atom is -0.372 e. The number of hydrogen-bond donors (Lipinski definition) is 1. The summed E-state index contributed by atoms with van der Waals surface area (Å²) in [5.41, 5.74) is 0.950. The summed E-state index contributed by atoms with van der Waals surface area (Å²) in [6.45, 7) is 4.56. The molecular weight excluding hydrogens is 271 g/mol. The van der Waals surface area contributed by atoms with Gasteiger partial charge in [0.15, 0.2) is 0 Å². The number of nitrogens with one attached hydrogen (secondary N) is 1. The van der Waals surface area contributed by atoms with E-state index in [0.717, 1.165) is 12.1 Å². The molecule has 1 N–H and O–H groups in total. The lowest BCUT2D eigenvalue weighted by atomic mass is 10.2. The van der Waals surface area contributed by atoms with Crippen molar-refractivity contribution in [2.75, 3.05) is 19.8 Å². The zero-order valence-electron chi connectivity index (χ0n) is 11.7. The molecule has 0 aliphatic carbocycles. The van der Waals surface area contributed by atoms with Crippen LogP contribution >= 0.6 is 0 Å². The van der Waals surface area contributed by atoms with Crippen molar-refractivity contribution in [2.24, 2.45) is 5.92 Å². The first-order chi connectivity index (χ1) is 9.37. The molecule has 0 radical (unpaired) electrons. The zero-order valence-corrected chi connectivity index (χ0v) is 11.7. The highest BCUT2D eigenvalue weighted by atomic mass is 19.4. The minimum absolute atomic E-state index is 0.0372. The molecule has 7 heteroatoms. The van der Waals surface area contributed by atoms with Crippen molar-refractivity contribution in [3.05, 3.63) is 23.8 Å². The number of hydrogen-bond acceptors (Lipinski definition) is 4. The van der Waals surface area contributed by atoms with Gasteiger partial charge in [0.2, 0.25) is 0 Å². The Balaban J connectivity index is 2.25. The first-order valence-corrected chi connectivity index (χ1v) is 6.52. The maximum atomic E-state index is 11.8. The van der Waals surface area contributed by atoms with Gasteiger partial charge in [-0.15, -0.1) is 0 Å². The van der Waals surface area contributed by atoms with Crippen LogP contribution in [0.2, 0.25) is 0 Å². The number of alkyl halides is 3. The van der Waals surface area contributed by atoms with Crippen LogP contribution in [-0.4, -0.2) is 35.9 Å². The molecule has 0 aliphatic heterocycles. The van der Waals surface area contributed by atoms with E-state index in [1.54, 1.807) is 12.4 Å². The van der Waals surface area contributed by atoms with Crippen molar-refractivity contribution in [3.8, 4) is 0 Å². The lowest BCUT2D eigenvalue weighted by Crippen LogP contribution is -2.19. The number of rotatable bonds is 8. The summed E-state index contributed by atoms with van der Waals surface area (Å²) in [5.74, 6) is 1.06. The van der Waals surface area contributed by atoms with E-state index in [1.807, 2.05) is 0 Å². The first kappa shape index (κ1) is 16.8. The van der Waals surface area contributed by atoms with Crippen molar-refractivity contribution in [2.45, 2.75) is 33.0 Å². The molecule has 0 saturated heterocycles. The van der Waals surface area contributed by atoms with Crippen molar-refractivity contribution in [1.29, 1.82) is 0 Å². The summed E-state index contributed by atoms with van der Waals surface area (Å²) in [6.07, 6.45) is -0.651. The van der Waals surface area contributed by atoms with E-state index in [1.165, 1.54) is 0 Å². The second-order valence-corrected chi connectivity index (χ2v) is 4.95. The summed E-state index contributed by atoms with van der Waals surface area (Å²) >= 11 is 0. The summed E-state index contributed by atoms with van der Waals surface area (Å²) < 4.78 is 40.0. The van der Waals surface area contributed by atoms with Crippen molar-refractivity contribution in [3.63, 3.8) is 0 Å². The van der Waals surface area contributed by atoms with Crippen LogP contribution in [0.25, 0.3) is 0 Å². The fraction of sp³-hybridized carbons (Fsp3) is 0.692. The maximum Gasteiger partial charge on any atom is 0.411 e. The number of nitrogens with zero attached hydrogens (tertiary/aromatic N) is 2. The highest BCUT2D eigenvalue weighted by Crippen LogP contribution is 2.14. The van der Waals surface area contributed by atoms with Crippen LogP contribution in [0.4, 0.5) is 13.2 Å². The largest absolute Gasteiger partial charge is 0.411 e. The monoisotopic (exact) mass is 291 g/mol. The van der Waals surface area contributed by atoms with E-state index in [4.69, 9.17) is 0 Å². The van der Waals surface area contributed by atoms with Gasteiger partial charge in [0.1, 0.15) is 12.4 Å². The van der Waals surface area contributed by atoms with E-state index < -0.39 is 12.8 Å². The number of aromatic nitrogens is 2. The molecule has 0 atom stereocenters. The third kappa shape index (κ3) is 8.06. The molecule has 1 rings (SSSR count). The molecule has 1 aromatic rings. The minimum atomic E-state index is -4.28. The van der Waals surface area contributed by atoms with Gasteiger partial charge in [-0.05, 0) is 12.5 Å². The topological polar surface area (TPSA) is 47.0 Å². The maximum absolute atomic E-state index is 11.8. The summed E-state index contributed by atoms with van der Waals surface area (Å²) in [7, 11) is 0. The Morgan fingerprint density at radius 2 is 1.90 bits per heavy atom. The van der Waals surface area contributed by atoms with Gasteiger partial charge in [-0.2, -0.15) is 13.2 Å². The fourth-order valence-corrected chi connectivity index (χ4v) is 1.46. The summed E-state index contributed by atoms with van der Waals surface area (Å²) in [4.78, 5) is 8.20. The van der Waals surface area contributed by atoms with E-state index in [-0.39, 0.29) is 13.0 Å². The van der Waals surface area contributed by atoms with Crippen molar-refractivity contribution in [1.82, 2.24) is 15.3 Å². The number of halogens is 3. The van der Waals surface area contributed by atoms with Crippen LogP contribution in [-0.2, 0) is 17.7 Å². The van der Waals surface area contributed by atoms with Crippen LogP contribution < -0.4 is 5.32 Å². The SMILES string of the molecule is CC(C)CNCc1cnc(CCOCC(F)(F)F)nc1. The van der Waals surface area contributed by atoms with Crippen molar-refractivity contribution < 1.29 is 17.9 Å². The fourth-order valence-electron chi connectivity index (χ4n) is 1.46. The Kier molecular flexibility index (Phi) is 6.87. The highest BCUT2D eigenvalue weighted by molar-refractivity contribution is 5.05. The average Bonchev–Trinajstić information content (AvgIpc) is 2.35. The molecule has 1 heterocycles. The van der Waals surface area contributed by atoms with Crippen LogP contribution in [0.1, 0.15) is 25.2 Å². The third-order valence-electron chi connectivity index (χ3n) is 2.38. The molecule has 0 aromatic carbocycles. The van der Waals surface area contributed by atoms with Gasteiger partial charge in [0.25, 0.3) is 0 Å². The molecule has 0 fully saturated rings. The van der Waals surface area contributed by atoms with Crippen LogP contribution in [0, 0.1) is 5.92 Å². The summed E-state index contributed by atoms with van der Waals surface area (Å²) in [5, 5.41) is 3.26. The second kappa shape index (κ2) is 8.16. The predicted octanol–water partition coefficient (Wildman–Crippen LogP) is 2.34. The number of ether oxygens (including phenoxy) is 1. The van der Waals surface area contributed by atoms with Gasteiger partial charge in [-0.1, -0.05) is 13.8 Å². The van der Waals surface area contributed by atoms with Gasteiger partial charge in [-0.25, -0.2) is 9.97 Å².